The van der Waals surface area contributed by atoms with Crippen molar-refractivity contribution in [3.63, 3.8) is 0 Å². The third-order valence-corrected chi connectivity index (χ3v) is 4.64. The van der Waals surface area contributed by atoms with Gasteiger partial charge in [0.25, 0.3) is 0 Å². The standard InChI is InChI=1S/C20H30O10/c1-11(7-8-15(22)23)5-3-4-6-13(12(2)9-16(24)25)29-20-19(28)18(27)17(26)14(10-21)30-20/h3-5,7-8,12-14,17-21,26-28H,6,9-10H2,1-2H3,(H,22,23)(H,24,25)/b4-3+,8-7+,11-5+/t12-,13+,14-,17-,18+,19-,20-/m1/s1. The lowest BCUT2D eigenvalue weighted by Crippen LogP contribution is -2.59. The summed E-state index contributed by atoms with van der Waals surface area (Å²) in [5.74, 6) is -2.60. The quantitative estimate of drug-likeness (QED) is 0.190. The molecular formula is C20H30O10. The van der Waals surface area contributed by atoms with Crippen LogP contribution in [0.2, 0.25) is 0 Å². The van der Waals surface area contributed by atoms with Crippen LogP contribution < -0.4 is 0 Å². The van der Waals surface area contributed by atoms with E-state index in [4.69, 9.17) is 19.7 Å². The summed E-state index contributed by atoms with van der Waals surface area (Å²) in [6.45, 7) is 2.75. The van der Waals surface area contributed by atoms with Gasteiger partial charge in [-0.3, -0.25) is 4.79 Å². The molecule has 6 N–H and O–H groups in total. The molecule has 1 fully saturated rings. The molecule has 0 spiro atoms. The smallest absolute Gasteiger partial charge is 0.328 e. The van der Waals surface area contributed by atoms with Crippen molar-refractivity contribution in [2.24, 2.45) is 5.92 Å². The summed E-state index contributed by atoms with van der Waals surface area (Å²) in [5.41, 5.74) is 0.679. The fraction of sp³-hybridized carbons (Fsp3) is 0.600. The van der Waals surface area contributed by atoms with Gasteiger partial charge >= 0.3 is 11.9 Å². The van der Waals surface area contributed by atoms with Crippen molar-refractivity contribution >= 4 is 11.9 Å². The van der Waals surface area contributed by atoms with Crippen LogP contribution in [-0.2, 0) is 19.1 Å². The summed E-state index contributed by atoms with van der Waals surface area (Å²) in [7, 11) is 0. The highest BCUT2D eigenvalue weighted by molar-refractivity contribution is 5.80. The van der Waals surface area contributed by atoms with Crippen LogP contribution in [0.15, 0.2) is 36.0 Å². The molecule has 0 amide bonds. The Hall–Kier alpha value is -2.08. The fourth-order valence-corrected chi connectivity index (χ4v) is 2.87. The number of allylic oxidation sites excluding steroid dienone is 4. The van der Waals surface area contributed by atoms with Gasteiger partial charge in [-0.25, -0.2) is 4.79 Å². The molecule has 1 rings (SSSR count). The second-order valence-corrected chi connectivity index (χ2v) is 7.19. The van der Waals surface area contributed by atoms with Crippen molar-refractivity contribution < 1.29 is 49.7 Å². The lowest BCUT2D eigenvalue weighted by atomic mass is 9.96. The van der Waals surface area contributed by atoms with Crippen molar-refractivity contribution in [1.82, 2.24) is 0 Å². The largest absolute Gasteiger partial charge is 0.481 e. The monoisotopic (exact) mass is 430 g/mol. The summed E-state index contributed by atoms with van der Waals surface area (Å²) in [5, 5.41) is 56.8. The van der Waals surface area contributed by atoms with E-state index in [1.807, 2.05) is 0 Å². The van der Waals surface area contributed by atoms with Crippen molar-refractivity contribution in [3.05, 3.63) is 36.0 Å². The summed E-state index contributed by atoms with van der Waals surface area (Å²) < 4.78 is 11.1. The normalized spacial score (nSPS) is 29.9. The maximum absolute atomic E-state index is 11.1. The van der Waals surface area contributed by atoms with Gasteiger partial charge in [0.1, 0.15) is 24.4 Å². The number of aliphatic carboxylic acids is 2. The maximum atomic E-state index is 11.1. The van der Waals surface area contributed by atoms with E-state index in [0.29, 0.717) is 5.57 Å². The lowest BCUT2D eigenvalue weighted by Gasteiger charge is -2.41. The molecule has 0 aromatic heterocycles. The lowest BCUT2D eigenvalue weighted by molar-refractivity contribution is -0.314. The van der Waals surface area contributed by atoms with E-state index in [0.717, 1.165) is 6.08 Å². The Morgan fingerprint density at radius 1 is 1.10 bits per heavy atom. The van der Waals surface area contributed by atoms with Gasteiger partial charge in [-0.1, -0.05) is 36.8 Å². The molecule has 1 saturated heterocycles. The maximum Gasteiger partial charge on any atom is 0.328 e. The second-order valence-electron chi connectivity index (χ2n) is 7.19. The molecule has 1 aliphatic rings. The van der Waals surface area contributed by atoms with E-state index in [1.165, 1.54) is 6.08 Å². The predicted molar refractivity (Wildman–Crippen MR) is 104 cm³/mol. The molecule has 0 aliphatic carbocycles. The van der Waals surface area contributed by atoms with Gasteiger partial charge in [-0.15, -0.1) is 0 Å². The zero-order chi connectivity index (χ0) is 22.8. The van der Waals surface area contributed by atoms with Crippen molar-refractivity contribution in [2.45, 2.75) is 63.5 Å². The molecule has 0 unspecified atom stereocenters. The van der Waals surface area contributed by atoms with E-state index >= 15 is 0 Å². The zero-order valence-corrected chi connectivity index (χ0v) is 16.9. The highest BCUT2D eigenvalue weighted by Gasteiger charge is 2.45. The van der Waals surface area contributed by atoms with Crippen LogP contribution >= 0.6 is 0 Å². The first-order chi connectivity index (χ1) is 14.1. The Bertz CT molecular complexity index is 654. The van der Waals surface area contributed by atoms with Crippen LogP contribution in [0.4, 0.5) is 0 Å². The third kappa shape index (κ3) is 8.34. The number of carboxylic acid groups (broad SMARTS) is 2. The molecule has 7 atom stereocenters. The molecule has 0 aromatic rings. The fourth-order valence-electron chi connectivity index (χ4n) is 2.87. The van der Waals surface area contributed by atoms with Gasteiger partial charge in [-0.05, 0) is 19.3 Å². The van der Waals surface area contributed by atoms with Crippen LogP contribution in [0.5, 0.6) is 0 Å². The molecule has 0 saturated carbocycles. The number of carboxylic acids is 2. The molecule has 10 nitrogen and oxygen atoms in total. The van der Waals surface area contributed by atoms with Crippen LogP contribution in [0.25, 0.3) is 0 Å². The van der Waals surface area contributed by atoms with Gasteiger partial charge < -0.3 is 40.1 Å². The first kappa shape index (κ1) is 26.0. The van der Waals surface area contributed by atoms with Gasteiger partial charge in [0, 0.05) is 6.08 Å². The van der Waals surface area contributed by atoms with Gasteiger partial charge in [0.05, 0.1) is 19.1 Å². The number of hydrogen-bond acceptors (Lipinski definition) is 8. The average molecular weight is 430 g/mol. The van der Waals surface area contributed by atoms with Crippen LogP contribution in [0, 0.1) is 5.92 Å². The highest BCUT2D eigenvalue weighted by atomic mass is 16.7. The van der Waals surface area contributed by atoms with Crippen molar-refractivity contribution in [1.29, 1.82) is 0 Å². The Kier molecular flexibility index (Phi) is 10.9. The first-order valence-corrected chi connectivity index (χ1v) is 9.49. The van der Waals surface area contributed by atoms with E-state index < -0.39 is 61.3 Å². The molecule has 0 aromatic carbocycles. The summed E-state index contributed by atoms with van der Waals surface area (Å²) >= 11 is 0. The van der Waals surface area contributed by atoms with Crippen molar-refractivity contribution in [2.75, 3.05) is 6.61 Å². The summed E-state index contributed by atoms with van der Waals surface area (Å²) in [6, 6.07) is 0. The minimum absolute atomic E-state index is 0.216. The van der Waals surface area contributed by atoms with E-state index in [9.17, 15) is 30.0 Å². The first-order valence-electron chi connectivity index (χ1n) is 9.49. The van der Waals surface area contributed by atoms with Gasteiger partial charge in [0.2, 0.25) is 0 Å². The summed E-state index contributed by atoms with van der Waals surface area (Å²) in [4.78, 5) is 21.6. The molecule has 0 radical (unpaired) electrons. The number of rotatable bonds is 11. The molecule has 1 aliphatic heterocycles. The number of aliphatic hydroxyl groups excluding tert-OH is 4. The topological polar surface area (TPSA) is 174 Å². The summed E-state index contributed by atoms with van der Waals surface area (Å²) in [6.07, 6.45) is -0.502. The van der Waals surface area contributed by atoms with Crippen LogP contribution in [-0.4, -0.2) is 86.0 Å². The molecule has 10 heteroatoms. The predicted octanol–water partition coefficient (Wildman–Crippen LogP) is -0.184. The van der Waals surface area contributed by atoms with Gasteiger partial charge in [0.15, 0.2) is 6.29 Å². The third-order valence-electron chi connectivity index (χ3n) is 4.64. The van der Waals surface area contributed by atoms with Crippen LogP contribution in [0.1, 0.15) is 26.7 Å². The minimum Gasteiger partial charge on any atom is -0.481 e. The highest BCUT2D eigenvalue weighted by Crippen LogP contribution is 2.26. The number of aliphatic hydroxyl groups is 4. The molecule has 170 valence electrons. The zero-order valence-electron chi connectivity index (χ0n) is 16.9. The second kappa shape index (κ2) is 12.6. The van der Waals surface area contributed by atoms with E-state index in [-0.39, 0.29) is 12.8 Å². The number of ether oxygens (including phenoxy) is 2. The Morgan fingerprint density at radius 2 is 1.77 bits per heavy atom. The molecule has 30 heavy (non-hydrogen) atoms. The Labute approximate surface area is 174 Å². The number of carbonyl (C=O) groups is 2. The average Bonchev–Trinajstić information content (AvgIpc) is 2.67. The molecule has 0 bridgehead atoms. The minimum atomic E-state index is -1.60. The van der Waals surface area contributed by atoms with E-state index in [1.54, 1.807) is 32.1 Å². The van der Waals surface area contributed by atoms with Crippen molar-refractivity contribution in [3.8, 4) is 0 Å². The van der Waals surface area contributed by atoms with Gasteiger partial charge in [-0.2, -0.15) is 0 Å². The Balaban J connectivity index is 2.88. The molecular weight excluding hydrogens is 400 g/mol. The number of hydrogen-bond donors (Lipinski definition) is 6. The molecule has 1 heterocycles. The SMILES string of the molecule is CC(/C=C/C(=O)O)=C\C=C\C[C@H](O[C@@H]1O[C@H](CO)[C@@H](O)[C@H](O)[C@H]1O)[C@H](C)CC(=O)O. The Morgan fingerprint density at radius 3 is 2.33 bits per heavy atom. The van der Waals surface area contributed by atoms with Crippen LogP contribution in [0.3, 0.4) is 0 Å². The van der Waals surface area contributed by atoms with E-state index in [2.05, 4.69) is 0 Å².